The number of carbonyl (C=O) groups excluding carboxylic acids is 1. The van der Waals surface area contributed by atoms with Crippen LogP contribution >= 0.6 is 0 Å². The first-order valence-corrected chi connectivity index (χ1v) is 18.4. The molecule has 0 aliphatic heterocycles. The van der Waals surface area contributed by atoms with Gasteiger partial charge in [0.15, 0.2) is 0 Å². The number of hydrogen-bond acceptors (Lipinski definition) is 12. The van der Waals surface area contributed by atoms with Gasteiger partial charge >= 0.3 is 5.97 Å². The molecule has 0 aromatic rings. The molecule has 0 fully saturated rings. The van der Waals surface area contributed by atoms with Crippen molar-refractivity contribution >= 4 is 5.97 Å². The van der Waals surface area contributed by atoms with Gasteiger partial charge in [0.2, 0.25) is 0 Å². The van der Waals surface area contributed by atoms with Crippen LogP contribution in [-0.2, 0) is 56.9 Å². The van der Waals surface area contributed by atoms with Crippen molar-refractivity contribution < 1.29 is 56.9 Å². The Labute approximate surface area is 291 Å². The molecule has 0 aliphatic rings. The molecule has 0 N–H and O–H groups in total. The van der Waals surface area contributed by atoms with E-state index in [1.807, 2.05) is 0 Å². The molecule has 0 saturated carbocycles. The number of carbonyl (C=O) groups is 1. The number of hydrogen-bond donors (Lipinski definition) is 0. The summed E-state index contributed by atoms with van der Waals surface area (Å²) in [6, 6.07) is 0. The zero-order valence-corrected chi connectivity index (χ0v) is 30.3. The maximum atomic E-state index is 10.8. The average molecular weight is 695 g/mol. The molecule has 0 radical (unpaired) electrons. The lowest BCUT2D eigenvalue weighted by atomic mass is 10.1. The highest BCUT2D eigenvalue weighted by Gasteiger charge is 1.98. The Morgan fingerprint density at radius 2 is 0.583 bits per heavy atom. The third-order valence-electron chi connectivity index (χ3n) is 6.88. The van der Waals surface area contributed by atoms with Gasteiger partial charge in [-0.25, -0.2) is 4.79 Å². The summed E-state index contributed by atoms with van der Waals surface area (Å²) in [4.78, 5) is 10.8. The molecule has 286 valence electrons. The Hall–Kier alpha value is -1.19. The minimum absolute atomic E-state index is 0.202. The topological polar surface area (TPSA) is 119 Å². The normalized spacial score (nSPS) is 11.4. The van der Waals surface area contributed by atoms with Crippen LogP contribution in [0.5, 0.6) is 0 Å². The molecule has 48 heavy (non-hydrogen) atoms. The molecule has 0 aromatic carbocycles. The van der Waals surface area contributed by atoms with Crippen molar-refractivity contribution in [1.82, 2.24) is 0 Å². The monoisotopic (exact) mass is 694 g/mol. The van der Waals surface area contributed by atoms with Crippen LogP contribution < -0.4 is 0 Å². The maximum absolute atomic E-state index is 10.8. The van der Waals surface area contributed by atoms with Crippen LogP contribution in [0, 0.1) is 0 Å². The number of unbranched alkanes of at least 4 members (excludes halogenated alkanes) is 10. The largest absolute Gasteiger partial charge is 0.460 e. The Balaban J connectivity index is 3.05. The van der Waals surface area contributed by atoms with Gasteiger partial charge in [-0.15, -0.1) is 0 Å². The quantitative estimate of drug-likeness (QED) is 0.0475. The second-order valence-corrected chi connectivity index (χ2v) is 11.0. The fourth-order valence-corrected chi connectivity index (χ4v) is 4.21. The first-order valence-electron chi connectivity index (χ1n) is 18.4. The van der Waals surface area contributed by atoms with Crippen LogP contribution in [0.2, 0.25) is 0 Å². The van der Waals surface area contributed by atoms with Crippen molar-refractivity contribution in [3.05, 3.63) is 12.7 Å². The van der Waals surface area contributed by atoms with Crippen LogP contribution in [0.15, 0.2) is 12.7 Å². The van der Waals surface area contributed by atoms with E-state index in [1.54, 1.807) is 0 Å². The Kier molecular flexibility index (Phi) is 42.7. The van der Waals surface area contributed by atoms with Crippen molar-refractivity contribution in [2.75, 3.05) is 139 Å². The first-order chi connectivity index (χ1) is 23.8. The molecule has 0 saturated heterocycles. The highest BCUT2D eigenvalue weighted by atomic mass is 16.6. The van der Waals surface area contributed by atoms with E-state index in [1.165, 1.54) is 64.2 Å². The lowest BCUT2D eigenvalue weighted by molar-refractivity contribution is -0.139. The van der Waals surface area contributed by atoms with Crippen molar-refractivity contribution in [2.45, 2.75) is 77.6 Å². The fourth-order valence-electron chi connectivity index (χ4n) is 4.21. The lowest BCUT2D eigenvalue weighted by Gasteiger charge is -2.09. The number of esters is 1. The molecule has 0 aliphatic carbocycles. The summed E-state index contributed by atoms with van der Waals surface area (Å²) in [5.74, 6) is -0.456. The lowest BCUT2D eigenvalue weighted by Crippen LogP contribution is -2.15. The molecule has 0 aromatic heterocycles. The summed E-state index contributed by atoms with van der Waals surface area (Å²) in [5, 5.41) is 0. The van der Waals surface area contributed by atoms with Gasteiger partial charge in [-0.1, -0.05) is 77.7 Å². The molecule has 0 heterocycles. The Morgan fingerprint density at radius 3 is 0.854 bits per heavy atom. The van der Waals surface area contributed by atoms with Gasteiger partial charge in [-0.2, -0.15) is 0 Å². The smallest absolute Gasteiger partial charge is 0.330 e. The molecular formula is C36H70O12. The van der Waals surface area contributed by atoms with E-state index >= 15 is 0 Å². The van der Waals surface area contributed by atoms with Gasteiger partial charge in [0.1, 0.15) is 6.61 Å². The van der Waals surface area contributed by atoms with Gasteiger partial charge in [0.05, 0.1) is 126 Å². The van der Waals surface area contributed by atoms with Crippen LogP contribution in [0.1, 0.15) is 77.6 Å². The maximum Gasteiger partial charge on any atom is 0.330 e. The van der Waals surface area contributed by atoms with Gasteiger partial charge < -0.3 is 52.1 Å². The van der Waals surface area contributed by atoms with Gasteiger partial charge in [-0.3, -0.25) is 0 Å². The average Bonchev–Trinajstić information content (AvgIpc) is 3.10. The van der Waals surface area contributed by atoms with Crippen molar-refractivity contribution in [2.24, 2.45) is 0 Å². The molecule has 0 unspecified atom stereocenters. The standard InChI is InChI=1S/C36H70O12/c1-3-5-6-7-8-9-10-11-12-13-14-15-38-16-17-39-18-19-40-20-21-41-22-23-42-24-25-43-26-27-44-28-29-45-30-31-46-32-33-47-34-35-48-36(37)4-2/h4H,2-3,5-35H2,1H3. The zero-order chi connectivity index (χ0) is 34.7. The second-order valence-electron chi connectivity index (χ2n) is 11.0. The minimum atomic E-state index is -0.456. The van der Waals surface area contributed by atoms with Crippen molar-refractivity contribution in [3.63, 3.8) is 0 Å². The van der Waals surface area contributed by atoms with Crippen molar-refractivity contribution in [1.29, 1.82) is 0 Å². The number of rotatable bonds is 43. The van der Waals surface area contributed by atoms with Crippen LogP contribution in [0.3, 0.4) is 0 Å². The minimum Gasteiger partial charge on any atom is -0.460 e. The fraction of sp³-hybridized carbons (Fsp3) is 0.917. The first kappa shape index (κ1) is 46.8. The summed E-state index contributed by atoms with van der Waals surface area (Å²) in [6.45, 7) is 16.3. The predicted molar refractivity (Wildman–Crippen MR) is 186 cm³/mol. The Morgan fingerprint density at radius 1 is 0.354 bits per heavy atom. The van der Waals surface area contributed by atoms with Crippen molar-refractivity contribution in [3.8, 4) is 0 Å². The molecule has 0 bridgehead atoms. The SMILES string of the molecule is C=CC(=O)OCCOCCOCCOCCOCCOCCOCCOCCOCCOCCOCCCCCCCCCCCCC. The third kappa shape index (κ3) is 42.8. The molecule has 12 heteroatoms. The molecule has 0 rings (SSSR count). The summed E-state index contributed by atoms with van der Waals surface area (Å²) in [6.07, 6.45) is 16.0. The highest BCUT2D eigenvalue weighted by Crippen LogP contribution is 2.11. The number of ether oxygens (including phenoxy) is 11. The van der Waals surface area contributed by atoms with E-state index in [4.69, 9.17) is 52.1 Å². The van der Waals surface area contributed by atoms with E-state index in [0.29, 0.717) is 126 Å². The van der Waals surface area contributed by atoms with Gasteiger partial charge in [0, 0.05) is 12.7 Å². The van der Waals surface area contributed by atoms with E-state index in [9.17, 15) is 4.79 Å². The van der Waals surface area contributed by atoms with E-state index in [-0.39, 0.29) is 6.61 Å². The summed E-state index contributed by atoms with van der Waals surface area (Å²) < 4.78 is 59.5. The summed E-state index contributed by atoms with van der Waals surface area (Å²) in [5.41, 5.74) is 0. The molecule has 0 spiro atoms. The summed E-state index contributed by atoms with van der Waals surface area (Å²) in [7, 11) is 0. The van der Waals surface area contributed by atoms with Gasteiger partial charge in [0.25, 0.3) is 0 Å². The molecule has 0 atom stereocenters. The molecule has 12 nitrogen and oxygen atoms in total. The second kappa shape index (κ2) is 43.8. The van der Waals surface area contributed by atoms with E-state index in [2.05, 4.69) is 13.5 Å². The predicted octanol–water partition coefficient (Wildman–Crippen LogP) is 5.19. The van der Waals surface area contributed by atoms with E-state index in [0.717, 1.165) is 19.1 Å². The molecule has 0 amide bonds. The zero-order valence-electron chi connectivity index (χ0n) is 30.3. The third-order valence-corrected chi connectivity index (χ3v) is 6.88. The van der Waals surface area contributed by atoms with E-state index < -0.39 is 5.97 Å². The van der Waals surface area contributed by atoms with Crippen LogP contribution in [0.25, 0.3) is 0 Å². The van der Waals surface area contributed by atoms with Crippen LogP contribution in [0.4, 0.5) is 0 Å². The van der Waals surface area contributed by atoms with Crippen LogP contribution in [-0.4, -0.2) is 145 Å². The highest BCUT2D eigenvalue weighted by molar-refractivity contribution is 5.81. The molecular weight excluding hydrogens is 624 g/mol. The van der Waals surface area contributed by atoms with Gasteiger partial charge in [-0.05, 0) is 6.42 Å². The Bertz CT molecular complexity index is 626. The summed E-state index contributed by atoms with van der Waals surface area (Å²) >= 11 is 0.